The van der Waals surface area contributed by atoms with Crippen LogP contribution in [0.5, 0.6) is 0 Å². The normalized spacial score (nSPS) is 30.9. The lowest BCUT2D eigenvalue weighted by molar-refractivity contribution is -0.302. The van der Waals surface area contributed by atoms with E-state index in [1.165, 1.54) is 24.3 Å². The SMILES string of the molecule is C=CC=CC=CC1=C(O)OC2(CCC3(CC2)OC(=O)C(C=CC=CC=C)C(=O)O3)OC1=O. The highest BCUT2D eigenvalue weighted by Gasteiger charge is 2.56. The number of allylic oxidation sites excluding steroid dienone is 8. The molecule has 0 amide bonds. The van der Waals surface area contributed by atoms with Crippen molar-refractivity contribution in [3.63, 3.8) is 0 Å². The zero-order chi connectivity index (χ0) is 23.2. The molecule has 2 spiro atoms. The predicted octanol–water partition coefficient (Wildman–Crippen LogP) is 3.61. The molecule has 1 saturated carbocycles. The lowest BCUT2D eigenvalue weighted by Gasteiger charge is -2.46. The summed E-state index contributed by atoms with van der Waals surface area (Å²) in [7, 11) is 0. The second-order valence-electron chi connectivity index (χ2n) is 7.34. The van der Waals surface area contributed by atoms with Gasteiger partial charge in [-0.25, -0.2) is 4.79 Å². The topological polar surface area (TPSA) is 108 Å². The van der Waals surface area contributed by atoms with Gasteiger partial charge in [0.05, 0.1) is 0 Å². The van der Waals surface area contributed by atoms with Crippen LogP contribution >= 0.6 is 0 Å². The van der Waals surface area contributed by atoms with Crippen LogP contribution in [-0.2, 0) is 33.3 Å². The van der Waals surface area contributed by atoms with E-state index < -0.39 is 41.3 Å². The third kappa shape index (κ3) is 4.91. The van der Waals surface area contributed by atoms with Crippen LogP contribution in [-0.4, -0.2) is 34.6 Å². The second-order valence-corrected chi connectivity index (χ2v) is 7.34. The monoisotopic (exact) mass is 440 g/mol. The summed E-state index contributed by atoms with van der Waals surface area (Å²) in [5, 5.41) is 10.2. The molecule has 0 bridgehead atoms. The van der Waals surface area contributed by atoms with Gasteiger partial charge in [0.2, 0.25) is 0 Å². The van der Waals surface area contributed by atoms with Crippen LogP contribution in [0.1, 0.15) is 25.7 Å². The van der Waals surface area contributed by atoms with Crippen molar-refractivity contribution in [3.05, 3.63) is 85.4 Å². The van der Waals surface area contributed by atoms with Crippen molar-refractivity contribution in [3.8, 4) is 0 Å². The van der Waals surface area contributed by atoms with E-state index in [0.717, 1.165) is 0 Å². The lowest BCUT2D eigenvalue weighted by Crippen LogP contribution is -2.56. The van der Waals surface area contributed by atoms with E-state index in [9.17, 15) is 19.5 Å². The van der Waals surface area contributed by atoms with Gasteiger partial charge in [-0.1, -0.05) is 67.8 Å². The first-order valence-electron chi connectivity index (χ1n) is 10.1. The van der Waals surface area contributed by atoms with Crippen LogP contribution in [0, 0.1) is 5.92 Å². The molecule has 0 radical (unpaired) electrons. The van der Waals surface area contributed by atoms with Crippen LogP contribution in [0.4, 0.5) is 0 Å². The molecule has 168 valence electrons. The fourth-order valence-corrected chi connectivity index (χ4v) is 3.50. The predicted molar refractivity (Wildman–Crippen MR) is 113 cm³/mol. The highest BCUT2D eigenvalue weighted by Crippen LogP contribution is 2.45. The van der Waals surface area contributed by atoms with Gasteiger partial charge >= 0.3 is 17.9 Å². The number of hydrogen-bond acceptors (Lipinski definition) is 8. The first-order chi connectivity index (χ1) is 15.3. The van der Waals surface area contributed by atoms with Gasteiger partial charge in [0.1, 0.15) is 5.57 Å². The molecule has 3 rings (SSSR count). The third-order valence-electron chi connectivity index (χ3n) is 5.15. The lowest BCUT2D eigenvalue weighted by atomic mass is 9.87. The number of aliphatic hydroxyl groups excluding tert-OH is 1. The Morgan fingerprint density at radius 2 is 1.28 bits per heavy atom. The molecule has 0 aromatic carbocycles. The maximum absolute atomic E-state index is 12.4. The van der Waals surface area contributed by atoms with Crippen molar-refractivity contribution in [2.45, 2.75) is 37.3 Å². The largest absolute Gasteiger partial charge is 0.480 e. The molecule has 3 aliphatic rings. The summed E-state index contributed by atoms with van der Waals surface area (Å²) in [6.07, 6.45) is 15.7. The quantitative estimate of drug-likeness (QED) is 0.379. The third-order valence-corrected chi connectivity index (χ3v) is 5.15. The van der Waals surface area contributed by atoms with Crippen LogP contribution < -0.4 is 0 Å². The fraction of sp³-hybridized carbons (Fsp3) is 0.292. The van der Waals surface area contributed by atoms with E-state index in [4.69, 9.17) is 18.9 Å². The average molecular weight is 440 g/mol. The van der Waals surface area contributed by atoms with Gasteiger partial charge in [0, 0.05) is 25.7 Å². The number of carbonyl (C=O) groups excluding carboxylic acids is 3. The Hall–Kier alpha value is -3.81. The summed E-state index contributed by atoms with van der Waals surface area (Å²) in [6, 6.07) is 0. The molecule has 1 saturated heterocycles. The number of rotatable bonds is 6. The van der Waals surface area contributed by atoms with Crippen molar-refractivity contribution >= 4 is 17.9 Å². The van der Waals surface area contributed by atoms with Crippen molar-refractivity contribution in [1.29, 1.82) is 0 Å². The molecule has 0 unspecified atom stereocenters. The fourth-order valence-electron chi connectivity index (χ4n) is 3.50. The highest BCUT2D eigenvalue weighted by atomic mass is 16.8. The van der Waals surface area contributed by atoms with E-state index >= 15 is 0 Å². The molecule has 32 heavy (non-hydrogen) atoms. The summed E-state index contributed by atoms with van der Waals surface area (Å²) in [6.45, 7) is 7.06. The second kappa shape index (κ2) is 9.55. The Kier molecular flexibility index (Phi) is 6.82. The van der Waals surface area contributed by atoms with Crippen molar-refractivity contribution in [2.24, 2.45) is 5.92 Å². The standard InChI is InChI=1S/C24H24O8/c1-3-5-7-9-11-17-19(25)29-23(30-20(17)26)13-15-24(16-14-23)31-21(27)18(22(28)32-24)12-10-8-6-4-2/h3-12,17,27H,1-2,13-16H2. The average Bonchev–Trinajstić information content (AvgIpc) is 2.74. The van der Waals surface area contributed by atoms with E-state index in [1.54, 1.807) is 36.5 Å². The summed E-state index contributed by atoms with van der Waals surface area (Å²) in [4.78, 5) is 37.2. The van der Waals surface area contributed by atoms with Gasteiger partial charge in [-0.3, -0.25) is 9.59 Å². The van der Waals surface area contributed by atoms with Gasteiger partial charge in [-0.2, -0.15) is 0 Å². The number of esters is 3. The van der Waals surface area contributed by atoms with Crippen LogP contribution in [0.2, 0.25) is 0 Å². The molecule has 0 aromatic rings. The van der Waals surface area contributed by atoms with Gasteiger partial charge < -0.3 is 24.1 Å². The van der Waals surface area contributed by atoms with E-state index in [-0.39, 0.29) is 31.3 Å². The first-order valence-corrected chi connectivity index (χ1v) is 10.1. The Bertz CT molecular complexity index is 934. The molecule has 1 N–H and O–H groups in total. The molecular weight excluding hydrogens is 416 g/mol. The zero-order valence-electron chi connectivity index (χ0n) is 17.4. The summed E-state index contributed by atoms with van der Waals surface area (Å²) in [5.41, 5.74) is -0.125. The van der Waals surface area contributed by atoms with Crippen LogP contribution in [0.3, 0.4) is 0 Å². The molecule has 8 heteroatoms. The van der Waals surface area contributed by atoms with Crippen molar-refractivity contribution < 1.29 is 38.4 Å². The van der Waals surface area contributed by atoms with E-state index in [2.05, 4.69) is 13.2 Å². The minimum atomic E-state index is -1.45. The van der Waals surface area contributed by atoms with E-state index in [0.29, 0.717) is 0 Å². The zero-order valence-corrected chi connectivity index (χ0v) is 17.4. The molecule has 2 fully saturated rings. The van der Waals surface area contributed by atoms with Crippen LogP contribution in [0.15, 0.2) is 85.4 Å². The minimum absolute atomic E-state index is 0.0467. The Morgan fingerprint density at radius 3 is 1.81 bits per heavy atom. The Balaban J connectivity index is 1.66. The Morgan fingerprint density at radius 1 is 0.750 bits per heavy atom. The number of aliphatic hydroxyl groups is 1. The van der Waals surface area contributed by atoms with Crippen LogP contribution in [0.25, 0.3) is 0 Å². The summed E-state index contributed by atoms with van der Waals surface area (Å²) in [5.74, 6) is -6.78. The molecule has 8 nitrogen and oxygen atoms in total. The first kappa shape index (κ1) is 22.9. The molecule has 1 aliphatic carbocycles. The molecular formula is C24H24O8. The van der Waals surface area contributed by atoms with E-state index in [1.807, 2.05) is 0 Å². The smallest absolute Gasteiger partial charge is 0.348 e. The minimum Gasteiger partial charge on any atom is -0.480 e. The molecule has 2 heterocycles. The van der Waals surface area contributed by atoms with Gasteiger partial charge in [-0.05, 0) is 6.08 Å². The number of ether oxygens (including phenoxy) is 4. The van der Waals surface area contributed by atoms with Crippen molar-refractivity contribution in [2.75, 3.05) is 0 Å². The highest BCUT2D eigenvalue weighted by molar-refractivity contribution is 5.98. The molecule has 0 aromatic heterocycles. The van der Waals surface area contributed by atoms with Gasteiger partial charge in [0.25, 0.3) is 17.5 Å². The maximum Gasteiger partial charge on any atom is 0.348 e. The Labute approximate surface area is 185 Å². The number of carbonyl (C=O) groups is 3. The van der Waals surface area contributed by atoms with Gasteiger partial charge in [0.15, 0.2) is 5.92 Å². The summed E-state index contributed by atoms with van der Waals surface area (Å²) < 4.78 is 21.9. The maximum atomic E-state index is 12.4. The van der Waals surface area contributed by atoms with Crippen molar-refractivity contribution in [1.82, 2.24) is 0 Å². The summed E-state index contributed by atoms with van der Waals surface area (Å²) >= 11 is 0. The number of hydrogen-bond donors (Lipinski definition) is 1. The molecule has 2 aliphatic heterocycles. The molecule has 0 atom stereocenters. The van der Waals surface area contributed by atoms with Gasteiger partial charge in [-0.15, -0.1) is 0 Å².